The van der Waals surface area contributed by atoms with Crippen molar-refractivity contribution < 1.29 is 19.1 Å². The van der Waals surface area contributed by atoms with Gasteiger partial charge in [0.05, 0.1) is 25.9 Å². The SMILES string of the molecule is COC(=O)c1nn(C)c2c1CCN(C(=O)CNC(=O)c1ccccc1)C2. The smallest absolute Gasteiger partial charge is 0.358 e. The third-order valence-electron chi connectivity index (χ3n) is 4.41. The van der Waals surface area contributed by atoms with Crippen LogP contribution in [0.4, 0.5) is 0 Å². The van der Waals surface area contributed by atoms with Gasteiger partial charge in [-0.1, -0.05) is 18.2 Å². The minimum absolute atomic E-state index is 0.0786. The maximum Gasteiger partial charge on any atom is 0.358 e. The van der Waals surface area contributed by atoms with Gasteiger partial charge >= 0.3 is 5.97 Å². The number of nitrogens with one attached hydrogen (secondary N) is 1. The van der Waals surface area contributed by atoms with Crippen LogP contribution in [0.15, 0.2) is 30.3 Å². The van der Waals surface area contributed by atoms with Crippen LogP contribution in [-0.4, -0.2) is 52.7 Å². The van der Waals surface area contributed by atoms with Crippen molar-refractivity contribution in [1.29, 1.82) is 0 Å². The number of carbonyl (C=O) groups is 3. The molecule has 0 atom stereocenters. The number of amides is 2. The second-order valence-electron chi connectivity index (χ2n) is 6.00. The van der Waals surface area contributed by atoms with Crippen LogP contribution in [0.2, 0.25) is 0 Å². The fraction of sp³-hybridized carbons (Fsp3) is 0.333. The Bertz CT molecular complexity index is 844. The molecule has 1 aromatic heterocycles. The lowest BCUT2D eigenvalue weighted by Gasteiger charge is -2.27. The van der Waals surface area contributed by atoms with E-state index in [9.17, 15) is 14.4 Å². The lowest BCUT2D eigenvalue weighted by Crippen LogP contribution is -2.43. The summed E-state index contributed by atoms with van der Waals surface area (Å²) in [5.74, 6) is -0.942. The van der Waals surface area contributed by atoms with Gasteiger partial charge in [0, 0.05) is 24.7 Å². The van der Waals surface area contributed by atoms with Gasteiger partial charge in [0.2, 0.25) is 5.91 Å². The maximum absolute atomic E-state index is 12.4. The molecular weight excluding hydrogens is 336 g/mol. The van der Waals surface area contributed by atoms with Crippen molar-refractivity contribution in [2.45, 2.75) is 13.0 Å². The van der Waals surface area contributed by atoms with Crippen LogP contribution in [-0.2, 0) is 29.5 Å². The molecule has 0 spiro atoms. The maximum atomic E-state index is 12.4. The van der Waals surface area contributed by atoms with Crippen molar-refractivity contribution in [3.63, 3.8) is 0 Å². The first-order valence-electron chi connectivity index (χ1n) is 8.25. The number of methoxy groups -OCH3 is 1. The highest BCUT2D eigenvalue weighted by Crippen LogP contribution is 2.22. The number of fused-ring (bicyclic) bond motifs is 1. The van der Waals surface area contributed by atoms with Gasteiger partial charge in [-0.25, -0.2) is 4.79 Å². The fourth-order valence-electron chi connectivity index (χ4n) is 3.00. The number of aromatic nitrogens is 2. The van der Waals surface area contributed by atoms with Crippen LogP contribution in [0.25, 0.3) is 0 Å². The number of benzene rings is 1. The average molecular weight is 356 g/mol. The van der Waals surface area contributed by atoms with Crippen molar-refractivity contribution >= 4 is 17.8 Å². The minimum Gasteiger partial charge on any atom is -0.464 e. The molecule has 1 aromatic carbocycles. The standard InChI is InChI=1S/C18H20N4O4/c1-21-14-11-22(9-8-13(14)16(20-21)18(25)26-2)15(23)10-19-17(24)12-6-4-3-5-7-12/h3-7H,8-11H2,1-2H3,(H,19,24). The number of ether oxygens (including phenoxy) is 1. The molecule has 136 valence electrons. The molecule has 0 unspecified atom stereocenters. The van der Waals surface area contributed by atoms with Crippen molar-refractivity contribution in [2.75, 3.05) is 20.2 Å². The van der Waals surface area contributed by atoms with Crippen LogP contribution in [0.1, 0.15) is 32.1 Å². The number of aryl methyl sites for hydroxylation is 1. The Morgan fingerprint density at radius 3 is 2.65 bits per heavy atom. The summed E-state index contributed by atoms with van der Waals surface area (Å²) in [6.07, 6.45) is 0.520. The molecule has 0 bridgehead atoms. The molecule has 1 aliphatic heterocycles. The lowest BCUT2D eigenvalue weighted by molar-refractivity contribution is -0.131. The number of hydrogen-bond donors (Lipinski definition) is 1. The van der Waals surface area contributed by atoms with Gasteiger partial charge in [-0.3, -0.25) is 14.3 Å². The van der Waals surface area contributed by atoms with E-state index in [1.165, 1.54) is 7.11 Å². The largest absolute Gasteiger partial charge is 0.464 e. The number of esters is 1. The molecule has 2 aromatic rings. The van der Waals surface area contributed by atoms with Crippen LogP contribution in [0.3, 0.4) is 0 Å². The molecule has 0 saturated carbocycles. The summed E-state index contributed by atoms with van der Waals surface area (Å²) in [4.78, 5) is 37.9. The van der Waals surface area contributed by atoms with Crippen LogP contribution in [0.5, 0.6) is 0 Å². The average Bonchev–Trinajstić information content (AvgIpc) is 3.02. The first-order valence-corrected chi connectivity index (χ1v) is 8.25. The van der Waals surface area contributed by atoms with Crippen molar-refractivity contribution in [3.8, 4) is 0 Å². The van der Waals surface area contributed by atoms with E-state index in [0.717, 1.165) is 11.3 Å². The van der Waals surface area contributed by atoms with Crippen molar-refractivity contribution in [2.24, 2.45) is 7.05 Å². The monoisotopic (exact) mass is 356 g/mol. The summed E-state index contributed by atoms with van der Waals surface area (Å²) >= 11 is 0. The Hall–Kier alpha value is -3.16. The van der Waals surface area contributed by atoms with E-state index in [2.05, 4.69) is 10.4 Å². The Kier molecular flexibility index (Phi) is 5.01. The topological polar surface area (TPSA) is 93.5 Å². The quantitative estimate of drug-likeness (QED) is 0.806. The van der Waals surface area contributed by atoms with Gasteiger partial charge in [0.1, 0.15) is 0 Å². The summed E-state index contributed by atoms with van der Waals surface area (Å²) in [6, 6.07) is 8.74. The van der Waals surface area contributed by atoms with E-state index in [1.54, 1.807) is 40.9 Å². The third-order valence-corrected chi connectivity index (χ3v) is 4.41. The Labute approximate surface area is 150 Å². The second-order valence-corrected chi connectivity index (χ2v) is 6.00. The molecule has 0 radical (unpaired) electrons. The Morgan fingerprint density at radius 2 is 1.96 bits per heavy atom. The van der Waals surface area contributed by atoms with Gasteiger partial charge in [-0.05, 0) is 18.6 Å². The highest BCUT2D eigenvalue weighted by atomic mass is 16.5. The molecule has 2 amide bonds. The molecule has 1 aliphatic rings. The summed E-state index contributed by atoms with van der Waals surface area (Å²) in [5.41, 5.74) is 2.43. The van der Waals surface area contributed by atoms with E-state index in [1.807, 2.05) is 6.07 Å². The van der Waals surface area contributed by atoms with E-state index in [0.29, 0.717) is 30.8 Å². The molecule has 1 N–H and O–H groups in total. The predicted octanol–water partition coefficient (Wildman–Crippen LogP) is 0.521. The molecule has 26 heavy (non-hydrogen) atoms. The van der Waals surface area contributed by atoms with E-state index in [4.69, 9.17) is 4.74 Å². The summed E-state index contributed by atoms with van der Waals surface area (Å²) < 4.78 is 6.35. The van der Waals surface area contributed by atoms with Gasteiger partial charge in [-0.15, -0.1) is 0 Å². The molecule has 8 nitrogen and oxygen atoms in total. The van der Waals surface area contributed by atoms with Gasteiger partial charge in [0.25, 0.3) is 5.91 Å². The van der Waals surface area contributed by atoms with Crippen LogP contribution in [0, 0.1) is 0 Å². The van der Waals surface area contributed by atoms with E-state index < -0.39 is 5.97 Å². The highest BCUT2D eigenvalue weighted by Gasteiger charge is 2.29. The Balaban J connectivity index is 1.63. The van der Waals surface area contributed by atoms with E-state index >= 15 is 0 Å². The number of hydrogen-bond acceptors (Lipinski definition) is 5. The number of rotatable bonds is 4. The first-order chi connectivity index (χ1) is 12.5. The third kappa shape index (κ3) is 3.44. The molecule has 0 fully saturated rings. The molecule has 3 rings (SSSR count). The van der Waals surface area contributed by atoms with Crippen LogP contribution >= 0.6 is 0 Å². The summed E-state index contributed by atoms with van der Waals surface area (Å²) in [7, 11) is 3.05. The van der Waals surface area contributed by atoms with Gasteiger partial charge < -0.3 is 15.0 Å². The zero-order valence-corrected chi connectivity index (χ0v) is 14.7. The summed E-state index contributed by atoms with van der Waals surface area (Å²) in [6.45, 7) is 0.726. The van der Waals surface area contributed by atoms with Crippen LogP contribution < -0.4 is 5.32 Å². The zero-order chi connectivity index (χ0) is 18.7. The molecule has 8 heteroatoms. The molecule has 2 heterocycles. The minimum atomic E-state index is -0.475. The number of carbonyl (C=O) groups excluding carboxylic acids is 3. The first kappa shape index (κ1) is 17.7. The highest BCUT2D eigenvalue weighted by molar-refractivity contribution is 5.96. The van der Waals surface area contributed by atoms with E-state index in [-0.39, 0.29) is 18.4 Å². The lowest BCUT2D eigenvalue weighted by atomic mass is 10.0. The zero-order valence-electron chi connectivity index (χ0n) is 14.7. The second kappa shape index (κ2) is 7.38. The predicted molar refractivity (Wildman–Crippen MR) is 92.4 cm³/mol. The van der Waals surface area contributed by atoms with Crippen molar-refractivity contribution in [3.05, 3.63) is 52.8 Å². The molecular formula is C18H20N4O4. The van der Waals surface area contributed by atoms with Crippen molar-refractivity contribution in [1.82, 2.24) is 20.0 Å². The molecule has 0 saturated heterocycles. The van der Waals surface area contributed by atoms with Gasteiger partial charge in [0.15, 0.2) is 5.69 Å². The van der Waals surface area contributed by atoms with Gasteiger partial charge in [-0.2, -0.15) is 5.10 Å². The molecule has 0 aliphatic carbocycles. The Morgan fingerprint density at radius 1 is 1.23 bits per heavy atom. The fourth-order valence-corrected chi connectivity index (χ4v) is 3.00. The normalized spacial score (nSPS) is 13.1. The number of nitrogens with zero attached hydrogens (tertiary/aromatic N) is 3. The summed E-state index contributed by atoms with van der Waals surface area (Å²) in [5, 5.41) is 6.85.